The second-order valence-corrected chi connectivity index (χ2v) is 14.7. The molecule has 0 aliphatic carbocycles. The van der Waals surface area contributed by atoms with Crippen molar-refractivity contribution < 1.29 is 18.0 Å². The molecule has 0 saturated carbocycles. The van der Waals surface area contributed by atoms with Crippen molar-refractivity contribution in [2.75, 3.05) is 71.8 Å². The van der Waals surface area contributed by atoms with E-state index in [2.05, 4.69) is 54.8 Å². The molecule has 14 heteroatoms. The van der Waals surface area contributed by atoms with Crippen LogP contribution in [0.2, 0.25) is 0 Å². The number of nitrogens with one attached hydrogen (secondary N) is 1. The summed E-state index contributed by atoms with van der Waals surface area (Å²) >= 11 is 1.06. The Bertz CT molecular complexity index is 1880. The van der Waals surface area contributed by atoms with E-state index in [4.69, 9.17) is 0 Å². The minimum atomic E-state index is -4.26. The zero-order valence-electron chi connectivity index (χ0n) is 28.8. The third-order valence-corrected chi connectivity index (χ3v) is 10.8. The second kappa shape index (κ2) is 15.5. The average molecular weight is 708 g/mol. The maximum absolute atomic E-state index is 13.0. The number of hydrogen-bond donors (Lipinski definition) is 1. The lowest BCUT2D eigenvalue weighted by atomic mass is 10.0. The van der Waals surface area contributed by atoms with Gasteiger partial charge in [-0.15, -0.1) is 11.3 Å². The van der Waals surface area contributed by atoms with Gasteiger partial charge in [-0.3, -0.25) is 14.6 Å². The lowest BCUT2D eigenvalue weighted by molar-refractivity contribution is -0.128. The number of amides is 1. The number of carbonyl (C=O) groups is 1. The Morgan fingerprint density at radius 2 is 1.82 bits per heavy atom. The van der Waals surface area contributed by atoms with Gasteiger partial charge in [0, 0.05) is 93.3 Å². The van der Waals surface area contributed by atoms with Gasteiger partial charge < -0.3 is 19.7 Å². The van der Waals surface area contributed by atoms with E-state index in [9.17, 15) is 23.2 Å². The maximum Gasteiger partial charge on any atom is 0.393 e. The van der Waals surface area contributed by atoms with Crippen molar-refractivity contribution in [1.29, 1.82) is 5.26 Å². The van der Waals surface area contributed by atoms with Crippen LogP contribution in [0.3, 0.4) is 0 Å². The van der Waals surface area contributed by atoms with Gasteiger partial charge in [-0.2, -0.15) is 18.4 Å². The first kappa shape index (κ1) is 35.8. The molecule has 50 heavy (non-hydrogen) atoms. The monoisotopic (exact) mass is 707 g/mol. The van der Waals surface area contributed by atoms with E-state index in [0.717, 1.165) is 80.9 Å². The molecule has 5 heterocycles. The van der Waals surface area contributed by atoms with Crippen molar-refractivity contribution in [3.05, 3.63) is 64.4 Å². The number of fused-ring (bicyclic) bond motifs is 2. The summed E-state index contributed by atoms with van der Waals surface area (Å²) in [6.45, 7) is 9.96. The number of hydrogen-bond acceptors (Lipinski definition) is 9. The summed E-state index contributed by atoms with van der Waals surface area (Å²) in [6.07, 6.45) is 1.54. The molecule has 2 aliphatic heterocycles. The quantitative estimate of drug-likeness (QED) is 0.211. The highest BCUT2D eigenvalue weighted by Gasteiger charge is 2.29. The Kier molecular flexibility index (Phi) is 11.1. The van der Waals surface area contributed by atoms with E-state index in [1.165, 1.54) is 17.5 Å². The van der Waals surface area contributed by atoms with Gasteiger partial charge in [0.1, 0.15) is 28.7 Å². The smallest absolute Gasteiger partial charge is 0.367 e. The molecule has 3 aromatic heterocycles. The number of aromatic nitrogens is 3. The fourth-order valence-corrected chi connectivity index (χ4v) is 7.93. The molecule has 0 radical (unpaired) electrons. The summed E-state index contributed by atoms with van der Waals surface area (Å²) in [5.41, 5.74) is 4.14. The highest BCUT2D eigenvalue weighted by molar-refractivity contribution is 7.18. The predicted molar refractivity (Wildman–Crippen MR) is 191 cm³/mol. The summed E-state index contributed by atoms with van der Waals surface area (Å²) < 4.78 is 41.0. The molecule has 1 N–H and O–H groups in total. The molecule has 2 fully saturated rings. The van der Waals surface area contributed by atoms with Crippen LogP contribution in [0.4, 0.5) is 19.0 Å². The van der Waals surface area contributed by atoms with Gasteiger partial charge in [0.15, 0.2) is 0 Å². The van der Waals surface area contributed by atoms with Crippen LogP contribution in [0.25, 0.3) is 21.1 Å². The number of carbonyl (C=O) groups excluding carboxylic acids is 1. The largest absolute Gasteiger partial charge is 0.393 e. The lowest BCUT2D eigenvalue weighted by Crippen LogP contribution is -2.49. The Morgan fingerprint density at radius 1 is 1.06 bits per heavy atom. The van der Waals surface area contributed by atoms with Crippen LogP contribution in [0, 0.1) is 18.3 Å². The van der Waals surface area contributed by atoms with Crippen LogP contribution in [-0.4, -0.2) is 119 Å². The van der Waals surface area contributed by atoms with Crippen molar-refractivity contribution in [3.63, 3.8) is 0 Å². The third-order valence-electron chi connectivity index (χ3n) is 9.71. The molecule has 1 aromatic carbocycles. The number of nitriles is 1. The molecule has 0 bridgehead atoms. The van der Waals surface area contributed by atoms with Crippen LogP contribution in [0.1, 0.15) is 34.5 Å². The Balaban J connectivity index is 1.03. The number of nitrogens with zero attached hydrogens (tertiary/aromatic N) is 8. The highest BCUT2D eigenvalue weighted by Crippen LogP contribution is 2.33. The molecule has 2 aliphatic rings. The van der Waals surface area contributed by atoms with E-state index in [-0.39, 0.29) is 16.8 Å². The van der Waals surface area contributed by atoms with Gasteiger partial charge in [-0.05, 0) is 63.2 Å². The van der Waals surface area contributed by atoms with Crippen LogP contribution >= 0.6 is 11.3 Å². The standard InChI is InChI=1S/C36H44F3N9OS/c1-25-26(23-46-11-8-27(9-12-46)43-34-31-20-29(21-36(37,38)39)50-35(31)42-24-41-34)6-7-32-30(25)19-28(22-40)48(32)18-15-45-13-16-47(17-14-45)33(49)5-4-10-44(2)3/h4-7,19-20,24,27H,8-18,21,23H2,1-3H3,(H,41,42,43)/b5-4+. The van der Waals surface area contributed by atoms with Gasteiger partial charge in [-0.1, -0.05) is 12.1 Å². The topological polar surface area (TPSA) is 96.6 Å². The lowest BCUT2D eigenvalue weighted by Gasteiger charge is -2.34. The number of halogens is 3. The molecule has 266 valence electrons. The molecule has 0 spiro atoms. The number of likely N-dealkylation sites (N-methyl/N-ethyl adjacent to an activating group) is 1. The average Bonchev–Trinajstić information content (AvgIpc) is 3.66. The summed E-state index contributed by atoms with van der Waals surface area (Å²) in [4.78, 5) is 30.6. The number of piperidine rings is 1. The molecule has 1 amide bonds. The Morgan fingerprint density at radius 3 is 2.52 bits per heavy atom. The van der Waals surface area contributed by atoms with Gasteiger partial charge in [-0.25, -0.2) is 9.97 Å². The zero-order valence-corrected chi connectivity index (χ0v) is 29.7. The third kappa shape index (κ3) is 8.63. The van der Waals surface area contributed by atoms with Gasteiger partial charge in [0.05, 0.1) is 11.8 Å². The van der Waals surface area contributed by atoms with E-state index in [1.54, 1.807) is 12.1 Å². The molecule has 4 aromatic rings. The fraction of sp³-hybridized carbons (Fsp3) is 0.500. The molecular formula is C36H44F3N9OS. The van der Waals surface area contributed by atoms with Crippen LogP contribution < -0.4 is 5.32 Å². The number of thiophene rings is 1. The van der Waals surface area contributed by atoms with E-state index in [0.29, 0.717) is 41.4 Å². The second-order valence-electron chi connectivity index (χ2n) is 13.5. The van der Waals surface area contributed by atoms with Crippen molar-refractivity contribution in [3.8, 4) is 6.07 Å². The molecule has 0 unspecified atom stereocenters. The molecule has 6 rings (SSSR count). The van der Waals surface area contributed by atoms with Crippen LogP contribution in [0.15, 0.2) is 42.7 Å². The number of piperazine rings is 1. The van der Waals surface area contributed by atoms with E-state index >= 15 is 0 Å². The summed E-state index contributed by atoms with van der Waals surface area (Å²) in [5, 5.41) is 15.2. The number of likely N-dealkylation sites (tertiary alicyclic amines) is 1. The number of rotatable bonds is 11. The van der Waals surface area contributed by atoms with Gasteiger partial charge in [0.2, 0.25) is 5.91 Å². The SMILES string of the molecule is Cc1c(CN2CCC(Nc3ncnc4sc(CC(F)(F)F)cc34)CC2)ccc2c1cc(C#N)n2CCN1CCN(C(=O)/C=C/CN(C)C)CC1. The van der Waals surface area contributed by atoms with Crippen molar-refractivity contribution >= 4 is 44.2 Å². The van der Waals surface area contributed by atoms with Crippen LogP contribution in [-0.2, 0) is 24.3 Å². The minimum Gasteiger partial charge on any atom is -0.367 e. The van der Waals surface area contributed by atoms with Gasteiger partial charge >= 0.3 is 6.18 Å². The maximum atomic E-state index is 13.0. The number of alkyl halides is 3. The molecule has 10 nitrogen and oxygen atoms in total. The van der Waals surface area contributed by atoms with Crippen molar-refractivity contribution in [1.82, 2.24) is 34.1 Å². The van der Waals surface area contributed by atoms with Crippen LogP contribution in [0.5, 0.6) is 0 Å². The predicted octanol–water partition coefficient (Wildman–Crippen LogP) is 5.27. The normalized spacial score (nSPS) is 17.0. The van der Waals surface area contributed by atoms with Crippen molar-refractivity contribution in [2.45, 2.75) is 51.5 Å². The number of aryl methyl sites for hydroxylation is 1. The highest BCUT2D eigenvalue weighted by atomic mass is 32.1. The van der Waals surface area contributed by atoms with Crippen molar-refractivity contribution in [2.24, 2.45) is 0 Å². The first-order valence-electron chi connectivity index (χ1n) is 17.1. The first-order valence-corrected chi connectivity index (χ1v) is 17.9. The van der Waals surface area contributed by atoms with Gasteiger partial charge in [0.25, 0.3) is 0 Å². The summed E-state index contributed by atoms with van der Waals surface area (Å²) in [5.74, 6) is 0.659. The first-order chi connectivity index (χ1) is 24.0. The summed E-state index contributed by atoms with van der Waals surface area (Å²) in [6, 6.07) is 10.5. The molecular weight excluding hydrogens is 664 g/mol. The molecule has 0 atom stereocenters. The van der Waals surface area contributed by atoms with E-state index in [1.807, 2.05) is 36.0 Å². The number of benzene rings is 1. The zero-order chi connectivity index (χ0) is 35.4. The fourth-order valence-electron chi connectivity index (χ4n) is 6.90. The minimum absolute atomic E-state index is 0.0630. The summed E-state index contributed by atoms with van der Waals surface area (Å²) in [7, 11) is 3.95. The Labute approximate surface area is 294 Å². The van der Waals surface area contributed by atoms with E-state index < -0.39 is 12.6 Å². The molecule has 2 saturated heterocycles. The number of anilines is 1. The Hall–Kier alpha value is -4.03.